The Labute approximate surface area is 215 Å². The number of hydrogen-bond acceptors (Lipinski definition) is 7. The van der Waals surface area contributed by atoms with E-state index in [9.17, 15) is 19.8 Å². The fraction of sp³-hybridized carbons (Fsp3) is 0.333. The van der Waals surface area contributed by atoms with E-state index in [-0.39, 0.29) is 42.2 Å². The van der Waals surface area contributed by atoms with E-state index in [2.05, 4.69) is 10.3 Å². The average molecular weight is 506 g/mol. The summed E-state index contributed by atoms with van der Waals surface area (Å²) in [5.41, 5.74) is 2.53. The van der Waals surface area contributed by atoms with Crippen LogP contribution in [0.4, 0.5) is 0 Å². The average Bonchev–Trinajstić information content (AvgIpc) is 3.34. The lowest BCUT2D eigenvalue weighted by Crippen LogP contribution is -2.31. The minimum Gasteiger partial charge on any atom is -0.494 e. The van der Waals surface area contributed by atoms with Crippen molar-refractivity contribution >= 4 is 17.5 Å². The van der Waals surface area contributed by atoms with Gasteiger partial charge < -0.3 is 25.2 Å². The molecule has 37 heavy (non-hydrogen) atoms. The highest BCUT2D eigenvalue weighted by Gasteiger charge is 2.31. The van der Waals surface area contributed by atoms with Gasteiger partial charge in [0.1, 0.15) is 11.5 Å². The normalized spacial score (nSPS) is 13.0. The predicted octanol–water partition coefficient (Wildman–Crippen LogP) is 3.36. The third-order valence-electron chi connectivity index (χ3n) is 6.25. The molecule has 0 fully saturated rings. The van der Waals surface area contributed by atoms with Crippen molar-refractivity contribution in [2.75, 3.05) is 20.2 Å². The highest BCUT2D eigenvalue weighted by Crippen LogP contribution is 2.35. The lowest BCUT2D eigenvalue weighted by Gasteiger charge is -2.25. The number of rotatable bonds is 7. The summed E-state index contributed by atoms with van der Waals surface area (Å²) in [6, 6.07) is 9.61. The first-order chi connectivity index (χ1) is 17.5. The molecule has 0 unspecified atom stereocenters. The molecule has 1 aliphatic rings. The molecule has 0 saturated heterocycles. The third-order valence-corrected chi connectivity index (χ3v) is 6.25. The molecule has 3 heterocycles. The molecule has 3 aromatic rings. The van der Waals surface area contributed by atoms with Gasteiger partial charge in [-0.05, 0) is 42.2 Å². The van der Waals surface area contributed by atoms with E-state index in [1.807, 2.05) is 27.7 Å². The lowest BCUT2D eigenvalue weighted by atomic mass is 9.84. The highest BCUT2D eigenvalue weighted by atomic mass is 16.5. The van der Waals surface area contributed by atoms with Crippen LogP contribution in [-0.2, 0) is 12.0 Å². The number of ketones is 1. The zero-order chi connectivity index (χ0) is 27.1. The number of fused-ring (bicyclic) bond motifs is 1. The summed E-state index contributed by atoms with van der Waals surface area (Å²) in [5.74, 6) is -0.439. The van der Waals surface area contributed by atoms with E-state index < -0.39 is 11.3 Å². The Morgan fingerprint density at radius 2 is 1.81 bits per heavy atom. The van der Waals surface area contributed by atoms with E-state index >= 15 is 0 Å². The number of aromatic hydroxyl groups is 2. The molecule has 1 aromatic carbocycles. The van der Waals surface area contributed by atoms with Crippen LogP contribution in [0.5, 0.6) is 17.5 Å². The molecule has 0 radical (unpaired) electrons. The minimum atomic E-state index is -0.414. The number of ether oxygens (including phenoxy) is 1. The molecule has 194 valence electrons. The fourth-order valence-corrected chi connectivity index (χ4v) is 4.41. The summed E-state index contributed by atoms with van der Waals surface area (Å²) in [4.78, 5) is 31.6. The molecular formula is C27H31N5O5. The van der Waals surface area contributed by atoms with Crippen LogP contribution in [0.1, 0.15) is 65.4 Å². The van der Waals surface area contributed by atoms with Gasteiger partial charge >= 0.3 is 0 Å². The number of carbonyl (C=O) groups excluding carboxylic acids is 2. The van der Waals surface area contributed by atoms with Crippen molar-refractivity contribution in [1.29, 1.82) is 5.41 Å². The van der Waals surface area contributed by atoms with Gasteiger partial charge in [0.05, 0.1) is 18.8 Å². The van der Waals surface area contributed by atoms with Crippen LogP contribution in [-0.4, -0.2) is 62.4 Å². The molecule has 0 spiro atoms. The molecule has 4 rings (SSSR count). The van der Waals surface area contributed by atoms with E-state index in [0.717, 1.165) is 5.56 Å². The number of amidine groups is 1. The summed E-state index contributed by atoms with van der Waals surface area (Å²) in [6.45, 7) is 8.34. The summed E-state index contributed by atoms with van der Waals surface area (Å²) in [5, 5.41) is 31.6. The number of pyridine rings is 1. The molecule has 10 heteroatoms. The van der Waals surface area contributed by atoms with Crippen LogP contribution in [0.3, 0.4) is 0 Å². The van der Waals surface area contributed by atoms with E-state index in [1.54, 1.807) is 29.2 Å². The number of nitrogens with zero attached hydrogens (tertiary/aromatic N) is 3. The Bertz CT molecular complexity index is 1380. The summed E-state index contributed by atoms with van der Waals surface area (Å²) in [6.07, 6.45) is 0. The lowest BCUT2D eigenvalue weighted by molar-refractivity contribution is 0.0949. The zero-order valence-electron chi connectivity index (χ0n) is 21.5. The molecule has 2 aromatic heterocycles. The number of Topliss-reactive ketones (excluding diaryl/α,β-unsaturated/α-hetero) is 1. The Kier molecular flexibility index (Phi) is 6.68. The first-order valence-electron chi connectivity index (χ1n) is 12.0. The third kappa shape index (κ3) is 4.74. The van der Waals surface area contributed by atoms with E-state index in [0.29, 0.717) is 34.9 Å². The number of nitrogens with one attached hydrogen (secondary N) is 2. The quantitative estimate of drug-likeness (QED) is 0.361. The molecule has 0 saturated carbocycles. The Balaban J connectivity index is 1.63. The fourth-order valence-electron chi connectivity index (χ4n) is 4.41. The number of hydrogen-bond donors (Lipinski definition) is 4. The Hall–Kier alpha value is -4.34. The standard InChI is InChI=1S/C27H31N5O5/c1-6-37-20-12-16-13-31(25(28)23(16)30-24(20)26(36)29-5)14-19(33)15-7-8-18(17(11-15)27(2,3)4)32-21(34)9-10-22(32)35/h7-12,28,34-35H,6,13-14H2,1-5H3,(H,29,36). The summed E-state index contributed by atoms with van der Waals surface area (Å²) < 4.78 is 6.92. The molecule has 4 N–H and O–H groups in total. The van der Waals surface area contributed by atoms with Crippen molar-refractivity contribution in [3.63, 3.8) is 0 Å². The van der Waals surface area contributed by atoms with Crippen molar-refractivity contribution in [3.8, 4) is 23.2 Å². The van der Waals surface area contributed by atoms with Gasteiger partial charge in [-0.3, -0.25) is 19.6 Å². The summed E-state index contributed by atoms with van der Waals surface area (Å²) in [7, 11) is 1.50. The second kappa shape index (κ2) is 9.61. The number of aromatic nitrogens is 2. The molecule has 1 amide bonds. The second-order valence-corrected chi connectivity index (χ2v) is 9.85. The largest absolute Gasteiger partial charge is 0.494 e. The van der Waals surface area contributed by atoms with Gasteiger partial charge in [-0.2, -0.15) is 0 Å². The van der Waals surface area contributed by atoms with Gasteiger partial charge in [-0.1, -0.05) is 20.8 Å². The SMILES string of the molecule is CCOc1cc2c(nc1C(=O)NC)C(=N)N(CC(=O)c1ccc(-n3c(O)ccc3O)c(C(C)(C)C)c1)C2. The second-order valence-electron chi connectivity index (χ2n) is 9.85. The monoisotopic (exact) mass is 505 g/mol. The van der Waals surface area contributed by atoms with Crippen LogP contribution in [0, 0.1) is 5.41 Å². The molecule has 0 bridgehead atoms. The molecule has 10 nitrogen and oxygen atoms in total. The summed E-state index contributed by atoms with van der Waals surface area (Å²) >= 11 is 0. The Morgan fingerprint density at radius 3 is 2.41 bits per heavy atom. The predicted molar refractivity (Wildman–Crippen MR) is 138 cm³/mol. The number of benzene rings is 1. The van der Waals surface area contributed by atoms with Crippen LogP contribution in [0.15, 0.2) is 36.4 Å². The first-order valence-corrected chi connectivity index (χ1v) is 12.0. The van der Waals surface area contributed by atoms with Crippen molar-refractivity contribution < 1.29 is 24.5 Å². The molecule has 0 atom stereocenters. The van der Waals surface area contributed by atoms with E-state index in [4.69, 9.17) is 10.1 Å². The van der Waals surface area contributed by atoms with Crippen LogP contribution in [0.25, 0.3) is 5.69 Å². The number of amides is 1. The molecule has 0 aliphatic carbocycles. The maximum Gasteiger partial charge on any atom is 0.273 e. The highest BCUT2D eigenvalue weighted by molar-refractivity contribution is 6.05. The Morgan fingerprint density at radius 1 is 1.14 bits per heavy atom. The molecule has 1 aliphatic heterocycles. The maximum absolute atomic E-state index is 13.3. The van der Waals surface area contributed by atoms with Crippen molar-refractivity contribution in [3.05, 3.63) is 64.5 Å². The number of carbonyl (C=O) groups is 2. The van der Waals surface area contributed by atoms with Crippen LogP contribution < -0.4 is 10.1 Å². The van der Waals surface area contributed by atoms with E-state index in [1.165, 1.54) is 23.7 Å². The van der Waals surface area contributed by atoms with Gasteiger partial charge in [0.25, 0.3) is 5.91 Å². The maximum atomic E-state index is 13.3. The van der Waals surface area contributed by atoms with Gasteiger partial charge in [-0.15, -0.1) is 0 Å². The van der Waals surface area contributed by atoms with Crippen molar-refractivity contribution in [2.24, 2.45) is 0 Å². The minimum absolute atomic E-state index is 0.0581. The first kappa shape index (κ1) is 25.7. The van der Waals surface area contributed by atoms with Crippen molar-refractivity contribution in [2.45, 2.75) is 39.7 Å². The smallest absolute Gasteiger partial charge is 0.273 e. The molecular weight excluding hydrogens is 474 g/mol. The van der Waals surface area contributed by atoms with Gasteiger partial charge in [0.15, 0.2) is 29.0 Å². The zero-order valence-corrected chi connectivity index (χ0v) is 21.5. The van der Waals surface area contributed by atoms with Crippen LogP contribution >= 0.6 is 0 Å². The van der Waals surface area contributed by atoms with Crippen LogP contribution in [0.2, 0.25) is 0 Å². The van der Waals surface area contributed by atoms with Gasteiger partial charge in [0.2, 0.25) is 0 Å². The van der Waals surface area contributed by atoms with Gasteiger partial charge in [0, 0.05) is 36.9 Å². The van der Waals surface area contributed by atoms with Crippen molar-refractivity contribution in [1.82, 2.24) is 19.8 Å². The topological polar surface area (TPSA) is 141 Å². The van der Waals surface area contributed by atoms with Gasteiger partial charge in [-0.25, -0.2) is 4.98 Å².